The molecule has 0 aliphatic heterocycles. The number of fused-ring (bicyclic) bond motifs is 6. The first kappa shape index (κ1) is 27.1. The van der Waals surface area contributed by atoms with E-state index in [9.17, 15) is 29.7 Å². The summed E-state index contributed by atoms with van der Waals surface area (Å²) in [6, 6.07) is 3.32. The Balaban J connectivity index is 0.000000204. The van der Waals surface area contributed by atoms with Crippen LogP contribution in [-0.4, -0.2) is 55.2 Å². The number of carbonyl (C=O) groups excluding carboxylic acids is 2. The number of hydrogen-bond donors (Lipinski definition) is 3. The summed E-state index contributed by atoms with van der Waals surface area (Å²) >= 11 is 0. The molecule has 9 nitrogen and oxygen atoms in total. The number of pyridine rings is 1. The molecule has 4 aliphatic carbocycles. The van der Waals surface area contributed by atoms with Crippen molar-refractivity contribution in [1.82, 2.24) is 9.97 Å². The monoisotopic (exact) mass is 526 g/mol. The SMILES string of the molecule is C[C@]12CC[C@@H](O)C[C@H]1CC[C@@H]1[C@@H]2C(=O)C[C@@]2(C)[C@H]1CC[C@]2(O)C(=O)CO.Cc1nc2ncccc2c(=O)o1. The predicted molar refractivity (Wildman–Crippen MR) is 138 cm³/mol. The van der Waals surface area contributed by atoms with Crippen LogP contribution in [0.4, 0.5) is 0 Å². The van der Waals surface area contributed by atoms with Crippen molar-refractivity contribution in [3.05, 3.63) is 34.6 Å². The number of hydrogen-bond acceptors (Lipinski definition) is 9. The number of carbonyl (C=O) groups is 2. The summed E-state index contributed by atoms with van der Waals surface area (Å²) < 4.78 is 4.78. The third-order valence-electron chi connectivity index (χ3n) is 10.6. The second-order valence-corrected chi connectivity index (χ2v) is 12.4. The van der Waals surface area contributed by atoms with Gasteiger partial charge in [0, 0.05) is 30.9 Å². The third-order valence-corrected chi connectivity index (χ3v) is 10.6. The smallest absolute Gasteiger partial charge is 0.348 e. The molecule has 4 saturated carbocycles. The molecule has 2 heterocycles. The van der Waals surface area contributed by atoms with E-state index in [0.717, 1.165) is 38.5 Å². The van der Waals surface area contributed by atoms with Gasteiger partial charge in [0.15, 0.2) is 17.3 Å². The Morgan fingerprint density at radius 1 is 1.16 bits per heavy atom. The summed E-state index contributed by atoms with van der Waals surface area (Å²) in [4.78, 5) is 44.8. The lowest BCUT2D eigenvalue weighted by Gasteiger charge is -2.60. The number of ketones is 2. The topological polar surface area (TPSA) is 151 Å². The zero-order valence-electron chi connectivity index (χ0n) is 22.4. The summed E-state index contributed by atoms with van der Waals surface area (Å²) in [6.07, 6.45) is 7.07. The zero-order valence-corrected chi connectivity index (χ0v) is 22.4. The molecule has 0 saturated heterocycles. The molecule has 0 spiro atoms. The van der Waals surface area contributed by atoms with Gasteiger partial charge in [0.25, 0.3) is 0 Å². The Hall–Kier alpha value is -2.49. The van der Waals surface area contributed by atoms with Gasteiger partial charge in [-0.2, -0.15) is 4.98 Å². The molecule has 4 fully saturated rings. The van der Waals surface area contributed by atoms with Gasteiger partial charge in [-0.1, -0.05) is 13.8 Å². The number of aliphatic hydroxyl groups is 3. The van der Waals surface area contributed by atoms with Crippen molar-refractivity contribution in [3.63, 3.8) is 0 Å². The van der Waals surface area contributed by atoms with Crippen molar-refractivity contribution in [2.75, 3.05) is 6.61 Å². The fourth-order valence-electron chi connectivity index (χ4n) is 8.65. The van der Waals surface area contributed by atoms with Gasteiger partial charge in [0.2, 0.25) is 0 Å². The van der Waals surface area contributed by atoms with Crippen LogP contribution in [0.3, 0.4) is 0 Å². The normalized spacial score (nSPS) is 39.9. The van der Waals surface area contributed by atoms with E-state index in [4.69, 9.17) is 4.42 Å². The van der Waals surface area contributed by atoms with E-state index in [1.165, 1.54) is 0 Å². The maximum atomic E-state index is 13.4. The van der Waals surface area contributed by atoms with Gasteiger partial charge in [0.05, 0.1) is 6.10 Å². The molecular formula is C29H38N2O7. The first-order chi connectivity index (χ1) is 17.9. The lowest BCUT2D eigenvalue weighted by Crippen LogP contribution is -2.62. The minimum atomic E-state index is -1.58. The fourth-order valence-corrected chi connectivity index (χ4v) is 8.65. The Labute approximate surface area is 221 Å². The summed E-state index contributed by atoms with van der Waals surface area (Å²) in [7, 11) is 0. The van der Waals surface area contributed by atoms with E-state index in [1.54, 1.807) is 25.3 Å². The number of Topliss-reactive ketones (excluding diaryl/α,β-unsaturated/α-hetero) is 2. The summed E-state index contributed by atoms with van der Waals surface area (Å²) in [5.41, 5.74) is -2.35. The number of aliphatic hydroxyl groups excluding tert-OH is 2. The Kier molecular flexibility index (Phi) is 6.85. The second-order valence-electron chi connectivity index (χ2n) is 12.4. The van der Waals surface area contributed by atoms with Gasteiger partial charge in [0.1, 0.15) is 23.4 Å². The first-order valence-corrected chi connectivity index (χ1v) is 13.7. The molecule has 0 bridgehead atoms. The van der Waals surface area contributed by atoms with Crippen LogP contribution in [0.2, 0.25) is 0 Å². The number of nitrogens with zero attached hydrogens (tertiary/aromatic N) is 2. The Morgan fingerprint density at radius 3 is 2.66 bits per heavy atom. The molecule has 3 N–H and O–H groups in total. The lowest BCUT2D eigenvalue weighted by atomic mass is 9.44. The Morgan fingerprint density at radius 2 is 1.92 bits per heavy atom. The highest BCUT2D eigenvalue weighted by molar-refractivity contribution is 5.92. The van der Waals surface area contributed by atoms with E-state index >= 15 is 0 Å². The van der Waals surface area contributed by atoms with Crippen molar-refractivity contribution in [2.45, 2.75) is 83.8 Å². The molecule has 0 unspecified atom stereocenters. The molecule has 0 amide bonds. The molecule has 0 radical (unpaired) electrons. The van der Waals surface area contributed by atoms with Crippen molar-refractivity contribution >= 4 is 22.6 Å². The maximum Gasteiger partial charge on any atom is 0.348 e. The fraction of sp³-hybridized carbons (Fsp3) is 0.690. The van der Waals surface area contributed by atoms with Crippen LogP contribution in [0.1, 0.15) is 71.1 Å². The standard InChI is InChI=1S/C21H32O5.C8H6N2O2/c1-19-7-5-13(23)9-12(19)3-4-14-15-6-8-21(26,17(25)11-22)20(15,2)10-16(24)18(14)19;1-5-10-7-6(8(11)12-5)3-2-4-9-7/h12-15,18,22-23,26H,3-11H2,1-2H3;2-4H,1H3/t12-,13-,14+,15+,18-,19+,20+,21+;/m1./s1. The highest BCUT2D eigenvalue weighted by Gasteiger charge is 2.68. The van der Waals surface area contributed by atoms with E-state index in [1.807, 2.05) is 6.92 Å². The minimum absolute atomic E-state index is 0.0154. The molecule has 206 valence electrons. The number of aryl methyl sites for hydroxylation is 1. The minimum Gasteiger partial charge on any atom is -0.408 e. The van der Waals surface area contributed by atoms with Crippen LogP contribution >= 0.6 is 0 Å². The van der Waals surface area contributed by atoms with Gasteiger partial charge in [-0.15, -0.1) is 0 Å². The van der Waals surface area contributed by atoms with Gasteiger partial charge >= 0.3 is 5.63 Å². The number of rotatable bonds is 2. The van der Waals surface area contributed by atoms with Crippen LogP contribution in [-0.2, 0) is 9.59 Å². The molecule has 0 aromatic carbocycles. The van der Waals surface area contributed by atoms with Crippen molar-refractivity contribution < 1.29 is 29.3 Å². The van der Waals surface area contributed by atoms with Gasteiger partial charge in [-0.25, -0.2) is 9.78 Å². The molecule has 9 heteroatoms. The molecule has 2 aromatic rings. The van der Waals surface area contributed by atoms with E-state index in [0.29, 0.717) is 29.3 Å². The molecule has 38 heavy (non-hydrogen) atoms. The van der Waals surface area contributed by atoms with Gasteiger partial charge in [-0.05, 0) is 80.2 Å². The van der Waals surface area contributed by atoms with Crippen LogP contribution in [0.5, 0.6) is 0 Å². The number of aromatic nitrogens is 2. The van der Waals surface area contributed by atoms with Crippen molar-refractivity contribution in [1.29, 1.82) is 0 Å². The molecule has 8 atom stereocenters. The highest BCUT2D eigenvalue weighted by atomic mass is 16.4. The highest BCUT2D eigenvalue weighted by Crippen LogP contribution is 2.67. The van der Waals surface area contributed by atoms with E-state index < -0.39 is 23.4 Å². The van der Waals surface area contributed by atoms with Crippen LogP contribution in [0.25, 0.3) is 11.0 Å². The molecule has 4 aliphatic rings. The average molecular weight is 527 g/mol. The molecule has 2 aromatic heterocycles. The van der Waals surface area contributed by atoms with Crippen molar-refractivity contribution in [2.24, 2.45) is 34.5 Å². The van der Waals surface area contributed by atoms with E-state index in [2.05, 4.69) is 16.9 Å². The quantitative estimate of drug-likeness (QED) is 0.536. The zero-order chi connectivity index (χ0) is 27.5. The van der Waals surface area contributed by atoms with E-state index in [-0.39, 0.29) is 47.1 Å². The summed E-state index contributed by atoms with van der Waals surface area (Å²) in [5, 5.41) is 31.0. The summed E-state index contributed by atoms with van der Waals surface area (Å²) in [6.45, 7) is 5.08. The first-order valence-electron chi connectivity index (χ1n) is 13.7. The summed E-state index contributed by atoms with van der Waals surface area (Å²) in [5.74, 6) is 0.719. The van der Waals surface area contributed by atoms with Crippen LogP contribution in [0.15, 0.2) is 27.5 Å². The average Bonchev–Trinajstić information content (AvgIpc) is 3.15. The second kappa shape index (κ2) is 9.61. The largest absolute Gasteiger partial charge is 0.408 e. The van der Waals surface area contributed by atoms with Crippen LogP contribution in [0, 0.1) is 41.4 Å². The van der Waals surface area contributed by atoms with Gasteiger partial charge in [-0.3, -0.25) is 9.59 Å². The third kappa shape index (κ3) is 4.05. The van der Waals surface area contributed by atoms with Crippen LogP contribution < -0.4 is 5.63 Å². The molecular weight excluding hydrogens is 488 g/mol. The maximum absolute atomic E-state index is 13.4. The van der Waals surface area contributed by atoms with Crippen molar-refractivity contribution in [3.8, 4) is 0 Å². The lowest BCUT2D eigenvalue weighted by molar-refractivity contribution is -0.180. The molecule has 6 rings (SSSR count). The predicted octanol–water partition coefficient (Wildman–Crippen LogP) is 2.75. The van der Waals surface area contributed by atoms with Gasteiger partial charge < -0.3 is 19.7 Å². The Bertz CT molecular complexity index is 1310.